The van der Waals surface area contributed by atoms with Crippen LogP contribution in [0.3, 0.4) is 0 Å². The van der Waals surface area contributed by atoms with E-state index in [0.717, 1.165) is 23.1 Å². The second-order valence-corrected chi connectivity index (χ2v) is 7.70. The maximum absolute atomic E-state index is 10.3. The number of rotatable bonds is 5. The van der Waals surface area contributed by atoms with Gasteiger partial charge in [0.25, 0.3) is 0 Å². The number of thioether (sulfide) groups is 1. The SMILES string of the molecule is CSc1nsc(N=Nc2cc(N=Nc3snc4cncnc34)c(O)c(C)c2O)n1. The van der Waals surface area contributed by atoms with Crippen LogP contribution in [0.25, 0.3) is 11.0 Å². The van der Waals surface area contributed by atoms with Crippen LogP contribution >= 0.6 is 34.8 Å². The van der Waals surface area contributed by atoms with E-state index < -0.39 is 0 Å². The molecule has 0 aliphatic heterocycles. The summed E-state index contributed by atoms with van der Waals surface area (Å²) in [5, 5.41) is 38.2. The minimum atomic E-state index is -0.214. The Morgan fingerprint density at radius 3 is 2.48 bits per heavy atom. The van der Waals surface area contributed by atoms with Crippen LogP contribution in [0.5, 0.6) is 11.5 Å². The third-order valence-corrected chi connectivity index (χ3v) is 5.67. The van der Waals surface area contributed by atoms with E-state index >= 15 is 0 Å². The number of benzene rings is 1. The van der Waals surface area contributed by atoms with Crippen molar-refractivity contribution in [2.24, 2.45) is 20.5 Å². The van der Waals surface area contributed by atoms with Crippen LogP contribution in [-0.2, 0) is 0 Å². The summed E-state index contributed by atoms with van der Waals surface area (Å²) in [6.07, 6.45) is 4.83. The highest BCUT2D eigenvalue weighted by Gasteiger charge is 2.15. The number of phenolic OH excluding ortho intramolecular Hbond substituents is 2. The molecule has 14 heteroatoms. The number of aromatic hydroxyl groups is 2. The zero-order valence-electron chi connectivity index (χ0n) is 14.9. The highest BCUT2D eigenvalue weighted by Crippen LogP contribution is 2.44. The van der Waals surface area contributed by atoms with Crippen molar-refractivity contribution in [3.63, 3.8) is 0 Å². The fourth-order valence-corrected chi connectivity index (χ4v) is 3.88. The highest BCUT2D eigenvalue weighted by molar-refractivity contribution is 7.98. The number of azo groups is 2. The Morgan fingerprint density at radius 2 is 1.76 bits per heavy atom. The van der Waals surface area contributed by atoms with Crippen LogP contribution in [0.1, 0.15) is 5.56 Å². The molecule has 29 heavy (non-hydrogen) atoms. The maximum atomic E-state index is 10.3. The molecule has 0 atom stereocenters. The number of fused-ring (bicyclic) bond motifs is 1. The number of hydrogen-bond acceptors (Lipinski definition) is 14. The molecule has 0 spiro atoms. The summed E-state index contributed by atoms with van der Waals surface area (Å²) >= 11 is 3.59. The van der Waals surface area contributed by atoms with Gasteiger partial charge in [-0.25, -0.2) is 9.97 Å². The van der Waals surface area contributed by atoms with E-state index in [2.05, 4.69) is 44.2 Å². The molecule has 0 bridgehead atoms. The summed E-state index contributed by atoms with van der Waals surface area (Å²) < 4.78 is 8.28. The first-order chi connectivity index (χ1) is 14.1. The smallest absolute Gasteiger partial charge is 0.250 e. The van der Waals surface area contributed by atoms with Gasteiger partial charge in [-0.1, -0.05) is 11.8 Å². The van der Waals surface area contributed by atoms with Crippen molar-refractivity contribution in [1.82, 2.24) is 23.7 Å². The van der Waals surface area contributed by atoms with E-state index in [1.165, 1.54) is 31.1 Å². The fraction of sp³-hybridized carbons (Fsp3) is 0.133. The molecule has 0 amide bonds. The van der Waals surface area contributed by atoms with Gasteiger partial charge in [0, 0.05) is 23.2 Å². The van der Waals surface area contributed by atoms with Gasteiger partial charge in [-0.3, -0.25) is 0 Å². The molecule has 1 aromatic carbocycles. The molecule has 2 N–H and O–H groups in total. The lowest BCUT2D eigenvalue weighted by Gasteiger charge is -2.06. The van der Waals surface area contributed by atoms with Crippen LogP contribution in [0.4, 0.5) is 21.5 Å². The molecule has 146 valence electrons. The third-order valence-electron chi connectivity index (χ3n) is 3.67. The number of aromatic nitrogens is 5. The monoisotopic (exact) mass is 445 g/mol. The quantitative estimate of drug-likeness (QED) is 0.313. The molecular formula is C15H11N9O2S3. The average Bonchev–Trinajstić information content (AvgIpc) is 3.37. The van der Waals surface area contributed by atoms with Crippen molar-refractivity contribution in [2.45, 2.75) is 12.1 Å². The second kappa shape index (κ2) is 8.10. The van der Waals surface area contributed by atoms with E-state index in [1.807, 2.05) is 6.26 Å². The van der Waals surface area contributed by atoms with Gasteiger partial charge >= 0.3 is 0 Å². The van der Waals surface area contributed by atoms with Crippen molar-refractivity contribution in [2.75, 3.05) is 6.26 Å². The summed E-state index contributed by atoms with van der Waals surface area (Å²) in [4.78, 5) is 12.2. The van der Waals surface area contributed by atoms with E-state index in [9.17, 15) is 10.2 Å². The fourth-order valence-electron chi connectivity index (χ4n) is 2.19. The number of phenols is 2. The summed E-state index contributed by atoms with van der Waals surface area (Å²) in [6.45, 7) is 1.54. The Balaban J connectivity index is 1.68. The predicted octanol–water partition coefficient (Wildman–Crippen LogP) is 5.21. The largest absolute Gasteiger partial charge is 0.505 e. The molecule has 0 unspecified atom stereocenters. The van der Waals surface area contributed by atoms with Crippen molar-refractivity contribution in [3.05, 3.63) is 24.2 Å². The number of hydrogen-bond donors (Lipinski definition) is 2. The maximum Gasteiger partial charge on any atom is 0.250 e. The predicted molar refractivity (Wildman–Crippen MR) is 110 cm³/mol. The lowest BCUT2D eigenvalue weighted by atomic mass is 10.1. The Labute approximate surface area is 175 Å². The van der Waals surface area contributed by atoms with Crippen molar-refractivity contribution >= 4 is 67.4 Å². The van der Waals surface area contributed by atoms with E-state index in [0.29, 0.717) is 26.3 Å². The average molecular weight is 446 g/mol. The van der Waals surface area contributed by atoms with Crippen LogP contribution in [-0.4, -0.2) is 40.2 Å². The molecule has 3 aromatic heterocycles. The van der Waals surface area contributed by atoms with E-state index in [4.69, 9.17) is 0 Å². The molecule has 3 heterocycles. The molecule has 0 aliphatic carbocycles. The molecular weight excluding hydrogens is 434 g/mol. The summed E-state index contributed by atoms with van der Waals surface area (Å²) in [5.41, 5.74) is 1.60. The lowest BCUT2D eigenvalue weighted by Crippen LogP contribution is -1.79. The van der Waals surface area contributed by atoms with Crippen molar-refractivity contribution in [1.29, 1.82) is 0 Å². The van der Waals surface area contributed by atoms with E-state index in [1.54, 1.807) is 6.20 Å². The first-order valence-corrected chi connectivity index (χ1v) is 10.7. The van der Waals surface area contributed by atoms with Gasteiger partial charge in [-0.15, -0.1) is 20.5 Å². The topological polar surface area (TPSA) is 154 Å². The molecule has 0 saturated heterocycles. The van der Waals surface area contributed by atoms with Crippen LogP contribution < -0.4 is 0 Å². The molecule has 11 nitrogen and oxygen atoms in total. The Bertz CT molecular complexity index is 1250. The van der Waals surface area contributed by atoms with Gasteiger partial charge in [0.15, 0.2) is 5.00 Å². The molecule has 0 radical (unpaired) electrons. The lowest BCUT2D eigenvalue weighted by molar-refractivity contribution is 0.445. The standard InChI is InChI=1S/C15H11N9O2S3/c1-6-11(25)7(19-21-13-10-9(23-28-13)4-16-5-17-10)3-8(12(6)26)20-22-14-18-15(27-2)24-29-14/h3-5,25-26H,1-2H3. The second-order valence-electron chi connectivity index (χ2n) is 5.44. The molecule has 0 saturated carbocycles. The normalized spacial score (nSPS) is 11.9. The molecule has 0 fully saturated rings. The molecule has 4 rings (SSSR count). The van der Waals surface area contributed by atoms with Gasteiger partial charge in [0.1, 0.15) is 40.2 Å². The van der Waals surface area contributed by atoms with Gasteiger partial charge in [-0.2, -0.15) is 13.7 Å². The van der Waals surface area contributed by atoms with Crippen LogP contribution in [0.2, 0.25) is 0 Å². The highest BCUT2D eigenvalue weighted by atomic mass is 32.2. The minimum Gasteiger partial charge on any atom is -0.505 e. The van der Waals surface area contributed by atoms with Crippen molar-refractivity contribution in [3.8, 4) is 11.5 Å². The number of nitrogens with zero attached hydrogens (tertiary/aromatic N) is 9. The summed E-state index contributed by atoms with van der Waals surface area (Å²) in [7, 11) is 0. The van der Waals surface area contributed by atoms with Crippen LogP contribution in [0.15, 0.2) is 44.2 Å². The first-order valence-electron chi connectivity index (χ1n) is 7.89. The zero-order chi connectivity index (χ0) is 20.4. The third kappa shape index (κ3) is 3.90. The van der Waals surface area contributed by atoms with Gasteiger partial charge < -0.3 is 10.2 Å². The first kappa shape index (κ1) is 19.2. The van der Waals surface area contributed by atoms with Gasteiger partial charge in [-0.05, 0) is 24.7 Å². The zero-order valence-corrected chi connectivity index (χ0v) is 17.3. The van der Waals surface area contributed by atoms with E-state index in [-0.39, 0.29) is 28.4 Å². The molecule has 4 aromatic rings. The van der Waals surface area contributed by atoms with Gasteiger partial charge in [0.2, 0.25) is 10.3 Å². The minimum absolute atomic E-state index is 0.117. The Hall–Kier alpha value is -3.10. The summed E-state index contributed by atoms with van der Waals surface area (Å²) in [5.74, 6) is -0.426. The Kier molecular flexibility index (Phi) is 5.37. The van der Waals surface area contributed by atoms with Gasteiger partial charge in [0.05, 0.1) is 6.20 Å². The molecule has 0 aliphatic rings. The Morgan fingerprint density at radius 1 is 1.00 bits per heavy atom. The van der Waals surface area contributed by atoms with Crippen molar-refractivity contribution < 1.29 is 10.2 Å². The van der Waals surface area contributed by atoms with Crippen LogP contribution in [0, 0.1) is 6.92 Å². The summed E-state index contributed by atoms with van der Waals surface area (Å²) in [6, 6.07) is 1.37.